The average Bonchev–Trinajstić information content (AvgIpc) is 1.84. The predicted octanol–water partition coefficient (Wildman–Crippen LogP) is 2.68. The predicted molar refractivity (Wildman–Crippen MR) is 49.9 cm³/mol. The number of allylic oxidation sites excluding steroid dienone is 1. The normalized spacial score (nSPS) is 11.9. The van der Waals surface area contributed by atoms with E-state index < -0.39 is 0 Å². The van der Waals surface area contributed by atoms with Crippen molar-refractivity contribution in [1.82, 2.24) is 0 Å². The van der Waals surface area contributed by atoms with Crippen molar-refractivity contribution in [3.8, 4) is 0 Å². The third kappa shape index (κ3) is 5.96. The lowest BCUT2D eigenvalue weighted by Crippen LogP contribution is -2.11. The first-order chi connectivity index (χ1) is 5.56. The molecule has 0 aromatic rings. The summed E-state index contributed by atoms with van der Waals surface area (Å²) >= 11 is 0. The number of hydrogen-bond donors (Lipinski definition) is 0. The summed E-state index contributed by atoms with van der Waals surface area (Å²) in [6, 6.07) is 0. The van der Waals surface area contributed by atoms with Crippen molar-refractivity contribution in [2.75, 3.05) is 0 Å². The van der Waals surface area contributed by atoms with Crippen LogP contribution in [0.3, 0.4) is 0 Å². The lowest BCUT2D eigenvalue weighted by molar-refractivity contribution is -0.146. The van der Waals surface area contributed by atoms with Crippen LogP contribution in [-0.2, 0) is 9.53 Å². The lowest BCUT2D eigenvalue weighted by Gasteiger charge is -2.07. The fourth-order valence-electron chi connectivity index (χ4n) is 0.953. The van der Waals surface area contributed by atoms with Gasteiger partial charge in [-0.25, -0.2) is 0 Å². The highest BCUT2D eigenvalue weighted by molar-refractivity contribution is 5.72. The zero-order valence-corrected chi connectivity index (χ0v) is 8.39. The molecule has 0 N–H and O–H groups in total. The zero-order chi connectivity index (χ0) is 9.56. The Labute approximate surface area is 74.6 Å². The summed E-state index contributed by atoms with van der Waals surface area (Å²) in [7, 11) is 0. The molecule has 0 fully saturated rings. The molecule has 0 aromatic heterocycles. The van der Waals surface area contributed by atoms with E-state index >= 15 is 0 Å². The van der Waals surface area contributed by atoms with Crippen LogP contribution in [0, 0.1) is 0 Å². The van der Waals surface area contributed by atoms with Crippen molar-refractivity contribution < 1.29 is 9.53 Å². The first kappa shape index (κ1) is 11.2. The molecule has 0 saturated carbocycles. The second kappa shape index (κ2) is 5.81. The number of hydrogen-bond acceptors (Lipinski definition) is 2. The van der Waals surface area contributed by atoms with Gasteiger partial charge in [-0.3, -0.25) is 4.79 Å². The van der Waals surface area contributed by atoms with Crippen LogP contribution in [0.25, 0.3) is 0 Å². The Morgan fingerprint density at radius 3 is 2.50 bits per heavy atom. The highest BCUT2D eigenvalue weighted by atomic mass is 16.5. The van der Waals surface area contributed by atoms with Crippen molar-refractivity contribution in [1.29, 1.82) is 0 Å². The minimum atomic E-state index is -0.132. The van der Waals surface area contributed by atoms with Gasteiger partial charge in [0.15, 0.2) is 0 Å². The topological polar surface area (TPSA) is 26.3 Å². The minimum Gasteiger partial charge on any atom is -0.463 e. The average molecular weight is 170 g/mol. The van der Waals surface area contributed by atoms with Crippen LogP contribution >= 0.6 is 0 Å². The van der Waals surface area contributed by atoms with E-state index in [-0.39, 0.29) is 12.1 Å². The van der Waals surface area contributed by atoms with Gasteiger partial charge in [-0.1, -0.05) is 18.6 Å². The molecule has 0 radical (unpaired) electrons. The summed E-state index contributed by atoms with van der Waals surface area (Å²) in [4.78, 5) is 11.1. The molecule has 0 amide bonds. The second-order valence-electron chi connectivity index (χ2n) is 3.17. The van der Waals surface area contributed by atoms with E-state index in [1.54, 1.807) is 0 Å². The fraction of sp³-hybridized carbons (Fsp3) is 0.700. The maximum atomic E-state index is 11.1. The van der Waals surface area contributed by atoms with E-state index in [0.717, 1.165) is 12.0 Å². The van der Waals surface area contributed by atoms with E-state index in [4.69, 9.17) is 4.74 Å². The third-order valence-electron chi connectivity index (χ3n) is 1.34. The van der Waals surface area contributed by atoms with Crippen LogP contribution in [-0.4, -0.2) is 12.1 Å². The van der Waals surface area contributed by atoms with Crippen LogP contribution in [0.2, 0.25) is 0 Å². The Bertz CT molecular complexity index is 169. The smallest absolute Gasteiger partial charge is 0.310 e. The van der Waals surface area contributed by atoms with E-state index in [1.165, 1.54) is 0 Å². The summed E-state index contributed by atoms with van der Waals surface area (Å²) in [5, 5.41) is 0. The monoisotopic (exact) mass is 170 g/mol. The van der Waals surface area contributed by atoms with Crippen LogP contribution < -0.4 is 0 Å². The molecule has 0 aromatic carbocycles. The van der Waals surface area contributed by atoms with Gasteiger partial charge in [-0.15, -0.1) is 0 Å². The largest absolute Gasteiger partial charge is 0.463 e. The van der Waals surface area contributed by atoms with Gasteiger partial charge in [0, 0.05) is 0 Å². The molecule has 0 aliphatic heterocycles. The highest BCUT2D eigenvalue weighted by Crippen LogP contribution is 2.04. The zero-order valence-electron chi connectivity index (χ0n) is 8.39. The molecular weight excluding hydrogens is 152 g/mol. The van der Waals surface area contributed by atoms with Crippen molar-refractivity contribution in [3.05, 3.63) is 11.6 Å². The Balaban J connectivity index is 3.77. The van der Waals surface area contributed by atoms with Gasteiger partial charge in [0.05, 0.1) is 12.5 Å². The molecule has 0 rings (SSSR count). The summed E-state index contributed by atoms with van der Waals surface area (Å²) in [5.74, 6) is -0.132. The molecule has 0 saturated heterocycles. The number of rotatable bonds is 4. The van der Waals surface area contributed by atoms with E-state index in [9.17, 15) is 4.79 Å². The van der Waals surface area contributed by atoms with E-state index in [0.29, 0.717) is 6.42 Å². The minimum absolute atomic E-state index is 0.00748. The lowest BCUT2D eigenvalue weighted by atomic mass is 10.2. The maximum Gasteiger partial charge on any atom is 0.310 e. The number of carbonyl (C=O) groups is 1. The second-order valence-corrected chi connectivity index (χ2v) is 3.17. The van der Waals surface area contributed by atoms with Crippen molar-refractivity contribution in [3.63, 3.8) is 0 Å². The van der Waals surface area contributed by atoms with Crippen molar-refractivity contribution in [2.45, 2.75) is 46.6 Å². The number of ether oxygens (including phenoxy) is 1. The van der Waals surface area contributed by atoms with Gasteiger partial charge in [0.1, 0.15) is 0 Å². The van der Waals surface area contributed by atoms with Crippen LogP contribution in [0.15, 0.2) is 11.6 Å². The van der Waals surface area contributed by atoms with Gasteiger partial charge >= 0.3 is 5.97 Å². The van der Waals surface area contributed by atoms with Crippen molar-refractivity contribution >= 4 is 5.97 Å². The van der Waals surface area contributed by atoms with Crippen LogP contribution in [0.1, 0.15) is 40.5 Å². The molecule has 0 atom stereocenters. The summed E-state index contributed by atoms with van der Waals surface area (Å²) in [5.41, 5.74) is 1.09. The van der Waals surface area contributed by atoms with Gasteiger partial charge in [0.25, 0.3) is 0 Å². The maximum absolute atomic E-state index is 11.1. The summed E-state index contributed by atoms with van der Waals surface area (Å²) in [6.45, 7) is 7.72. The molecule has 2 nitrogen and oxygen atoms in total. The van der Waals surface area contributed by atoms with Crippen molar-refractivity contribution in [2.24, 2.45) is 0 Å². The third-order valence-corrected chi connectivity index (χ3v) is 1.34. The summed E-state index contributed by atoms with van der Waals surface area (Å²) in [6.07, 6.45) is 3.43. The van der Waals surface area contributed by atoms with Crippen LogP contribution in [0.4, 0.5) is 0 Å². The van der Waals surface area contributed by atoms with E-state index in [2.05, 4.69) is 6.92 Å². The molecule has 2 heteroatoms. The Morgan fingerprint density at radius 1 is 1.50 bits per heavy atom. The molecule has 0 aliphatic carbocycles. The molecule has 0 unspecified atom stereocenters. The highest BCUT2D eigenvalue weighted by Gasteiger charge is 2.05. The van der Waals surface area contributed by atoms with Gasteiger partial charge in [-0.2, -0.15) is 0 Å². The molecule has 12 heavy (non-hydrogen) atoms. The van der Waals surface area contributed by atoms with E-state index in [1.807, 2.05) is 26.8 Å². The van der Waals surface area contributed by atoms with Gasteiger partial charge < -0.3 is 4.74 Å². The Hall–Kier alpha value is -0.790. The molecule has 0 heterocycles. The first-order valence-electron chi connectivity index (χ1n) is 4.41. The molecular formula is C10H18O2. The Kier molecular flexibility index (Phi) is 5.43. The first-order valence-corrected chi connectivity index (χ1v) is 4.41. The molecule has 0 bridgehead atoms. The molecule has 70 valence electrons. The van der Waals surface area contributed by atoms with Crippen LogP contribution in [0.5, 0.6) is 0 Å². The molecule has 0 spiro atoms. The SMILES string of the molecule is CCC=C(C)CC(=O)OC(C)C. The summed E-state index contributed by atoms with van der Waals surface area (Å²) < 4.78 is 4.99. The Morgan fingerprint density at radius 2 is 2.08 bits per heavy atom. The number of esters is 1. The standard InChI is InChI=1S/C10H18O2/c1-5-6-9(4)7-10(11)12-8(2)3/h6,8H,5,7H2,1-4H3. The number of carbonyl (C=O) groups excluding carboxylic acids is 1. The van der Waals surface area contributed by atoms with Gasteiger partial charge in [-0.05, 0) is 27.2 Å². The molecule has 0 aliphatic rings. The fourth-order valence-corrected chi connectivity index (χ4v) is 0.953. The quantitative estimate of drug-likeness (QED) is 0.479. The van der Waals surface area contributed by atoms with Gasteiger partial charge in [0.2, 0.25) is 0 Å².